The first-order chi connectivity index (χ1) is 16.5. The van der Waals surface area contributed by atoms with Crippen LogP contribution in [0.2, 0.25) is 0 Å². The van der Waals surface area contributed by atoms with E-state index in [4.69, 9.17) is 4.42 Å². The van der Waals surface area contributed by atoms with Crippen molar-refractivity contribution in [2.24, 2.45) is 0 Å². The average Bonchev–Trinajstić information content (AvgIpc) is 3.46. The van der Waals surface area contributed by atoms with Crippen LogP contribution in [-0.2, 0) is 11.3 Å². The van der Waals surface area contributed by atoms with E-state index < -0.39 is 5.54 Å². The number of rotatable bonds is 4. The van der Waals surface area contributed by atoms with Gasteiger partial charge in [0.05, 0.1) is 12.8 Å². The molecule has 2 aromatic heterocycles. The monoisotopic (exact) mass is 460 g/mol. The van der Waals surface area contributed by atoms with Gasteiger partial charge in [0.2, 0.25) is 5.91 Å². The van der Waals surface area contributed by atoms with E-state index in [0.717, 1.165) is 36.9 Å². The highest BCUT2D eigenvalue weighted by Gasteiger charge is 2.49. The minimum absolute atomic E-state index is 0.129. The summed E-state index contributed by atoms with van der Waals surface area (Å²) in [5.74, 6) is 0.231. The van der Waals surface area contributed by atoms with Crippen LogP contribution in [0.15, 0.2) is 53.1 Å². The second-order valence-electron chi connectivity index (χ2n) is 9.77. The summed E-state index contributed by atoms with van der Waals surface area (Å²) in [6.07, 6.45) is 9.49. The highest BCUT2D eigenvalue weighted by Crippen LogP contribution is 2.36. The Hall–Kier alpha value is -3.35. The molecule has 0 radical (unpaired) electrons. The van der Waals surface area contributed by atoms with E-state index >= 15 is 0 Å². The zero-order valence-corrected chi connectivity index (χ0v) is 19.9. The normalized spacial score (nSPS) is 21.6. The second kappa shape index (κ2) is 9.12. The van der Waals surface area contributed by atoms with Gasteiger partial charge in [0.15, 0.2) is 5.76 Å². The Morgan fingerprint density at radius 3 is 2.53 bits per heavy atom. The number of aryl methyl sites for hydroxylation is 1. The molecule has 3 heterocycles. The first kappa shape index (κ1) is 22.4. The number of furan rings is 1. The molecule has 178 valence electrons. The van der Waals surface area contributed by atoms with Crippen LogP contribution in [0.5, 0.6) is 0 Å². The minimum Gasteiger partial charge on any atom is -0.463 e. The van der Waals surface area contributed by atoms with Crippen LogP contribution in [0.3, 0.4) is 0 Å². The predicted octanol–water partition coefficient (Wildman–Crippen LogP) is 5.10. The molecule has 1 atom stereocenters. The molecule has 1 aromatic carbocycles. The number of fused-ring (bicyclic) bond motifs is 1. The lowest BCUT2D eigenvalue weighted by Crippen LogP contribution is -2.65. The first-order valence-corrected chi connectivity index (χ1v) is 12.3. The molecule has 0 bridgehead atoms. The van der Waals surface area contributed by atoms with E-state index in [0.29, 0.717) is 17.1 Å². The van der Waals surface area contributed by atoms with Crippen molar-refractivity contribution in [2.45, 2.75) is 76.9 Å². The molecule has 2 aliphatic rings. The maximum atomic E-state index is 13.9. The Balaban J connectivity index is 1.53. The van der Waals surface area contributed by atoms with Gasteiger partial charge in [0.1, 0.15) is 16.9 Å². The zero-order chi connectivity index (χ0) is 23.7. The topological polar surface area (TPSA) is 80.4 Å². The first-order valence-electron chi connectivity index (χ1n) is 12.3. The van der Waals surface area contributed by atoms with Crippen molar-refractivity contribution in [1.29, 1.82) is 0 Å². The molecule has 2 amide bonds. The summed E-state index contributed by atoms with van der Waals surface area (Å²) in [6.45, 7) is 4.09. The lowest BCUT2D eigenvalue weighted by atomic mass is 9.91. The van der Waals surface area contributed by atoms with Gasteiger partial charge in [-0.25, -0.2) is 0 Å². The van der Waals surface area contributed by atoms with Crippen molar-refractivity contribution in [3.05, 3.63) is 60.0 Å². The fraction of sp³-hybridized carbons (Fsp3) is 0.444. The van der Waals surface area contributed by atoms with Crippen LogP contribution in [-0.4, -0.2) is 33.2 Å². The van der Waals surface area contributed by atoms with Gasteiger partial charge in [-0.3, -0.25) is 19.2 Å². The summed E-state index contributed by atoms with van der Waals surface area (Å²) in [5, 5.41) is 7.95. The fourth-order valence-electron chi connectivity index (χ4n) is 5.26. The van der Waals surface area contributed by atoms with Gasteiger partial charge < -0.3 is 9.73 Å². The van der Waals surface area contributed by atoms with E-state index in [2.05, 4.69) is 10.4 Å². The number of aromatic nitrogens is 2. The smallest absolute Gasteiger partial charge is 0.277 e. The van der Waals surface area contributed by atoms with Crippen LogP contribution < -0.4 is 10.2 Å². The number of hydrogen-bond acceptors (Lipinski definition) is 4. The molecular formula is C27H32N4O3. The zero-order valence-electron chi connectivity index (χ0n) is 19.9. The van der Waals surface area contributed by atoms with E-state index in [1.54, 1.807) is 28.0 Å². The molecule has 1 aliphatic carbocycles. The number of anilines is 1. The van der Waals surface area contributed by atoms with Crippen LogP contribution in [0.4, 0.5) is 5.69 Å². The molecule has 1 unspecified atom stereocenters. The van der Waals surface area contributed by atoms with Gasteiger partial charge in [-0.15, -0.1) is 0 Å². The van der Waals surface area contributed by atoms with Crippen molar-refractivity contribution in [2.75, 3.05) is 4.90 Å². The number of carbonyl (C=O) groups excluding carboxylic acids is 2. The van der Waals surface area contributed by atoms with E-state index in [1.807, 2.05) is 44.2 Å². The molecular weight excluding hydrogens is 428 g/mol. The SMILES string of the molecule is Cc1ccccc1N1C(=O)c2cc(-c3ccco3)nn2CC1(C)C(=O)NC1CCCCCCC1. The fourth-order valence-corrected chi connectivity index (χ4v) is 5.26. The predicted molar refractivity (Wildman–Crippen MR) is 131 cm³/mol. The molecule has 3 aromatic rings. The van der Waals surface area contributed by atoms with Crippen molar-refractivity contribution in [3.63, 3.8) is 0 Å². The number of para-hydroxylation sites is 1. The Bertz CT molecular complexity index is 1170. The van der Waals surface area contributed by atoms with Crippen molar-refractivity contribution in [3.8, 4) is 11.5 Å². The molecule has 1 aliphatic heterocycles. The number of hydrogen-bond donors (Lipinski definition) is 1. The third-order valence-corrected chi connectivity index (χ3v) is 7.21. The molecule has 0 saturated heterocycles. The van der Waals surface area contributed by atoms with Crippen molar-refractivity contribution < 1.29 is 14.0 Å². The molecule has 34 heavy (non-hydrogen) atoms. The van der Waals surface area contributed by atoms with Gasteiger partial charge in [0, 0.05) is 17.8 Å². The number of amides is 2. The summed E-state index contributed by atoms with van der Waals surface area (Å²) >= 11 is 0. The quantitative estimate of drug-likeness (QED) is 0.587. The van der Waals surface area contributed by atoms with Crippen LogP contribution in [0.25, 0.3) is 11.5 Å². The molecule has 5 rings (SSSR count). The summed E-state index contributed by atoms with van der Waals surface area (Å²) in [6, 6.07) is 13.2. The third kappa shape index (κ3) is 4.04. The molecule has 0 spiro atoms. The lowest BCUT2D eigenvalue weighted by molar-refractivity contribution is -0.127. The van der Waals surface area contributed by atoms with Crippen LogP contribution in [0, 0.1) is 6.92 Å². The average molecular weight is 461 g/mol. The maximum Gasteiger partial charge on any atom is 0.277 e. The number of nitrogens with one attached hydrogen (secondary N) is 1. The number of nitrogens with zero attached hydrogens (tertiary/aromatic N) is 3. The standard InChI is InChI=1S/C27H32N4O3/c1-19-11-8-9-14-22(19)31-25(32)23-17-21(24-15-10-16-34-24)29-30(23)18-27(31,2)26(33)28-20-12-6-4-3-5-7-13-20/h8-11,14-17,20H,3-7,12-13,18H2,1-2H3,(H,28,33). The Kier molecular flexibility index (Phi) is 6.02. The van der Waals surface area contributed by atoms with Gasteiger partial charge in [-0.1, -0.05) is 50.3 Å². The minimum atomic E-state index is -1.12. The van der Waals surface area contributed by atoms with Crippen LogP contribution in [0.1, 0.15) is 67.9 Å². The molecule has 7 nitrogen and oxygen atoms in total. The van der Waals surface area contributed by atoms with Gasteiger partial charge >= 0.3 is 0 Å². The highest BCUT2D eigenvalue weighted by atomic mass is 16.3. The van der Waals surface area contributed by atoms with Crippen molar-refractivity contribution >= 4 is 17.5 Å². The summed E-state index contributed by atoms with van der Waals surface area (Å²) in [4.78, 5) is 29.5. The maximum absolute atomic E-state index is 13.9. The van der Waals surface area contributed by atoms with E-state index in [-0.39, 0.29) is 24.4 Å². The van der Waals surface area contributed by atoms with E-state index in [1.165, 1.54) is 19.3 Å². The summed E-state index contributed by atoms with van der Waals surface area (Å²) in [7, 11) is 0. The van der Waals surface area contributed by atoms with Crippen LogP contribution >= 0.6 is 0 Å². The molecule has 1 N–H and O–H groups in total. The third-order valence-electron chi connectivity index (χ3n) is 7.21. The van der Waals surface area contributed by atoms with E-state index in [9.17, 15) is 9.59 Å². The Morgan fingerprint density at radius 2 is 1.82 bits per heavy atom. The number of benzene rings is 1. The molecule has 1 saturated carbocycles. The molecule has 1 fully saturated rings. The highest BCUT2D eigenvalue weighted by molar-refractivity contribution is 6.12. The second-order valence-corrected chi connectivity index (χ2v) is 9.77. The van der Waals surface area contributed by atoms with Gasteiger partial charge in [0.25, 0.3) is 5.91 Å². The Morgan fingerprint density at radius 1 is 1.09 bits per heavy atom. The van der Waals surface area contributed by atoms with Gasteiger partial charge in [-0.05, 0) is 50.5 Å². The van der Waals surface area contributed by atoms with Gasteiger partial charge in [-0.2, -0.15) is 5.10 Å². The summed E-state index contributed by atoms with van der Waals surface area (Å²) in [5.41, 5.74) is 1.61. The largest absolute Gasteiger partial charge is 0.463 e. The number of carbonyl (C=O) groups is 2. The Labute approximate surface area is 200 Å². The summed E-state index contributed by atoms with van der Waals surface area (Å²) < 4.78 is 7.16. The van der Waals surface area contributed by atoms with Crippen molar-refractivity contribution in [1.82, 2.24) is 15.1 Å². The lowest BCUT2D eigenvalue weighted by Gasteiger charge is -2.44. The molecule has 7 heteroatoms.